The summed E-state index contributed by atoms with van der Waals surface area (Å²) in [6, 6.07) is 7.54. The molecule has 0 saturated carbocycles. The van der Waals surface area contributed by atoms with Crippen molar-refractivity contribution in [1.82, 2.24) is 5.32 Å². The summed E-state index contributed by atoms with van der Waals surface area (Å²) in [5, 5.41) is 11.1. The first-order valence-corrected chi connectivity index (χ1v) is 8.98. The summed E-state index contributed by atoms with van der Waals surface area (Å²) in [4.78, 5) is 24.3. The average molecular weight is 458 g/mol. The molecule has 0 bridgehead atoms. The molecule has 32 heavy (non-hydrogen) atoms. The van der Waals surface area contributed by atoms with Crippen LogP contribution in [0.2, 0.25) is 0 Å². The lowest BCUT2D eigenvalue weighted by atomic mass is 10.0. The highest BCUT2D eigenvalue weighted by Crippen LogP contribution is 2.36. The summed E-state index contributed by atoms with van der Waals surface area (Å²) in [5.41, 5.74) is -2.71. The molecule has 2 aromatic carbocycles. The molecular weight excluding hydrogens is 442 g/mol. The van der Waals surface area contributed by atoms with Crippen LogP contribution in [0, 0.1) is 11.3 Å². The monoisotopic (exact) mass is 458 g/mol. The van der Waals surface area contributed by atoms with Gasteiger partial charge in [-0.05, 0) is 41.5 Å². The number of methoxy groups -OCH3 is 1. The lowest BCUT2D eigenvalue weighted by Gasteiger charge is -2.18. The van der Waals surface area contributed by atoms with Crippen molar-refractivity contribution in [2.75, 3.05) is 7.11 Å². The van der Waals surface area contributed by atoms with Gasteiger partial charge in [-0.2, -0.15) is 31.6 Å². The SMILES string of the molecule is COC(=O)[C@@H](Cc1ccc(C#N)cc1)NC(=O)Cc1cc(C(F)(F)F)cc(C(F)(F)F)c1. The Morgan fingerprint density at radius 1 is 0.969 bits per heavy atom. The van der Waals surface area contributed by atoms with Crippen molar-refractivity contribution in [3.63, 3.8) is 0 Å². The highest BCUT2D eigenvalue weighted by molar-refractivity contribution is 5.85. The van der Waals surface area contributed by atoms with Crippen LogP contribution in [0.1, 0.15) is 27.8 Å². The van der Waals surface area contributed by atoms with Crippen LogP contribution in [0.25, 0.3) is 0 Å². The van der Waals surface area contributed by atoms with Gasteiger partial charge in [0.2, 0.25) is 5.91 Å². The summed E-state index contributed by atoms with van der Waals surface area (Å²) in [6.07, 6.45) is -11.0. The molecule has 1 amide bonds. The zero-order valence-electron chi connectivity index (χ0n) is 16.5. The van der Waals surface area contributed by atoms with Crippen LogP contribution in [-0.4, -0.2) is 25.0 Å². The van der Waals surface area contributed by atoms with E-state index in [9.17, 15) is 35.9 Å². The first-order valence-electron chi connectivity index (χ1n) is 8.98. The minimum absolute atomic E-state index is 0.0381. The Balaban J connectivity index is 2.23. The summed E-state index contributed by atoms with van der Waals surface area (Å²) in [7, 11) is 1.06. The number of ether oxygens (including phenoxy) is 1. The van der Waals surface area contributed by atoms with E-state index in [-0.39, 0.29) is 12.5 Å². The molecule has 0 aliphatic carbocycles. The summed E-state index contributed by atoms with van der Waals surface area (Å²) < 4.78 is 82.5. The van der Waals surface area contributed by atoms with Crippen molar-refractivity contribution in [3.8, 4) is 6.07 Å². The van der Waals surface area contributed by atoms with E-state index in [0.717, 1.165) is 7.11 Å². The number of nitriles is 1. The number of benzene rings is 2. The lowest BCUT2D eigenvalue weighted by Crippen LogP contribution is -2.43. The molecule has 2 rings (SSSR count). The smallest absolute Gasteiger partial charge is 0.416 e. The Hall–Kier alpha value is -3.55. The molecule has 0 unspecified atom stereocenters. The molecule has 0 fully saturated rings. The van der Waals surface area contributed by atoms with Crippen molar-refractivity contribution in [3.05, 3.63) is 70.3 Å². The number of rotatable bonds is 6. The molecule has 2 aromatic rings. The minimum Gasteiger partial charge on any atom is -0.467 e. The topological polar surface area (TPSA) is 79.2 Å². The Morgan fingerprint density at radius 2 is 1.50 bits per heavy atom. The zero-order chi connectivity index (χ0) is 24.1. The molecule has 0 heterocycles. The lowest BCUT2D eigenvalue weighted by molar-refractivity contribution is -0.145. The van der Waals surface area contributed by atoms with Crippen LogP contribution in [0.3, 0.4) is 0 Å². The molecular formula is C21H16F6N2O3. The van der Waals surface area contributed by atoms with Crippen molar-refractivity contribution < 1.29 is 40.7 Å². The van der Waals surface area contributed by atoms with E-state index in [2.05, 4.69) is 10.1 Å². The predicted octanol–water partition coefficient (Wildman–Crippen LogP) is 4.04. The second kappa shape index (κ2) is 9.72. The standard InChI is InChI=1S/C21H16F6N2O3/c1-32-19(31)17(8-12-2-4-13(11-28)5-3-12)29-18(30)9-14-6-15(20(22,23)24)10-16(7-14)21(25,26)27/h2-7,10,17H,8-9H2,1H3,(H,29,30)/t17-/m1/s1. The highest BCUT2D eigenvalue weighted by atomic mass is 19.4. The number of alkyl halides is 6. The number of hydrogen-bond acceptors (Lipinski definition) is 4. The zero-order valence-corrected chi connectivity index (χ0v) is 16.5. The number of carbonyl (C=O) groups is 2. The second-order valence-electron chi connectivity index (χ2n) is 6.75. The number of esters is 1. The fourth-order valence-electron chi connectivity index (χ4n) is 2.84. The molecule has 0 aliphatic heterocycles. The molecule has 0 spiro atoms. The van der Waals surface area contributed by atoms with Crippen molar-refractivity contribution in [2.45, 2.75) is 31.2 Å². The van der Waals surface area contributed by atoms with Crippen LogP contribution < -0.4 is 5.32 Å². The summed E-state index contributed by atoms with van der Waals surface area (Å²) >= 11 is 0. The molecule has 5 nitrogen and oxygen atoms in total. The third-order valence-corrected chi connectivity index (χ3v) is 4.36. The molecule has 0 aliphatic rings. The van der Waals surface area contributed by atoms with Crippen LogP contribution in [0.4, 0.5) is 26.3 Å². The van der Waals surface area contributed by atoms with Crippen molar-refractivity contribution >= 4 is 11.9 Å². The fourth-order valence-corrected chi connectivity index (χ4v) is 2.84. The number of nitrogens with one attached hydrogen (secondary N) is 1. The maximum Gasteiger partial charge on any atom is 0.416 e. The van der Waals surface area contributed by atoms with E-state index in [1.807, 2.05) is 6.07 Å². The number of nitrogens with zero attached hydrogens (tertiary/aromatic N) is 1. The van der Waals surface area contributed by atoms with E-state index in [1.54, 1.807) is 0 Å². The summed E-state index contributed by atoms with van der Waals surface area (Å²) in [5.74, 6) is -1.83. The second-order valence-corrected chi connectivity index (χ2v) is 6.75. The Bertz CT molecular complexity index is 992. The van der Waals surface area contributed by atoms with E-state index >= 15 is 0 Å². The molecule has 170 valence electrons. The molecule has 0 aromatic heterocycles. The van der Waals surface area contributed by atoms with Crippen LogP contribution >= 0.6 is 0 Å². The fraction of sp³-hybridized carbons (Fsp3) is 0.286. The van der Waals surface area contributed by atoms with Gasteiger partial charge in [-0.3, -0.25) is 4.79 Å². The quantitative estimate of drug-likeness (QED) is 0.524. The van der Waals surface area contributed by atoms with Crippen LogP contribution in [-0.2, 0) is 39.5 Å². The van der Waals surface area contributed by atoms with Gasteiger partial charge in [-0.25, -0.2) is 4.79 Å². The first-order chi connectivity index (χ1) is 14.8. The van der Waals surface area contributed by atoms with Gasteiger partial charge in [-0.15, -0.1) is 0 Å². The van der Waals surface area contributed by atoms with Crippen LogP contribution in [0.15, 0.2) is 42.5 Å². The molecule has 11 heteroatoms. The number of carbonyl (C=O) groups excluding carboxylic acids is 2. The predicted molar refractivity (Wildman–Crippen MR) is 99.0 cm³/mol. The highest BCUT2D eigenvalue weighted by Gasteiger charge is 2.37. The first kappa shape index (κ1) is 24.7. The maximum absolute atomic E-state index is 13.0. The van der Waals surface area contributed by atoms with Gasteiger partial charge in [0.05, 0.1) is 36.3 Å². The average Bonchev–Trinajstić information content (AvgIpc) is 2.71. The van der Waals surface area contributed by atoms with E-state index in [4.69, 9.17) is 5.26 Å². The molecule has 1 atom stereocenters. The largest absolute Gasteiger partial charge is 0.467 e. The third kappa shape index (κ3) is 6.73. The maximum atomic E-state index is 13.0. The van der Waals surface area contributed by atoms with Gasteiger partial charge in [-0.1, -0.05) is 12.1 Å². The summed E-state index contributed by atoms with van der Waals surface area (Å²) in [6.45, 7) is 0. The number of halogens is 6. The normalized spacial score (nSPS) is 12.6. The van der Waals surface area contributed by atoms with Gasteiger partial charge in [0, 0.05) is 6.42 Å². The Labute approximate surface area is 178 Å². The molecule has 0 saturated heterocycles. The van der Waals surface area contributed by atoms with E-state index in [1.165, 1.54) is 24.3 Å². The van der Waals surface area contributed by atoms with E-state index < -0.39 is 53.4 Å². The van der Waals surface area contributed by atoms with Crippen molar-refractivity contribution in [1.29, 1.82) is 5.26 Å². The Morgan fingerprint density at radius 3 is 1.94 bits per heavy atom. The van der Waals surface area contributed by atoms with Gasteiger partial charge in [0.15, 0.2) is 0 Å². The van der Waals surface area contributed by atoms with Crippen LogP contribution in [0.5, 0.6) is 0 Å². The third-order valence-electron chi connectivity index (χ3n) is 4.36. The van der Waals surface area contributed by atoms with E-state index in [0.29, 0.717) is 23.3 Å². The number of amides is 1. The van der Waals surface area contributed by atoms with Gasteiger partial charge in [0.25, 0.3) is 0 Å². The number of hydrogen-bond donors (Lipinski definition) is 1. The van der Waals surface area contributed by atoms with Gasteiger partial charge < -0.3 is 10.1 Å². The minimum atomic E-state index is -5.05. The molecule has 0 radical (unpaired) electrons. The van der Waals surface area contributed by atoms with Gasteiger partial charge in [0.1, 0.15) is 6.04 Å². The van der Waals surface area contributed by atoms with Crippen molar-refractivity contribution in [2.24, 2.45) is 0 Å². The van der Waals surface area contributed by atoms with Gasteiger partial charge >= 0.3 is 18.3 Å². The molecule has 1 N–H and O–H groups in total. The Kier molecular flexibility index (Phi) is 7.51.